The molecule has 0 bridgehead atoms. The molecule has 12 heteroatoms. The third-order valence-electron chi connectivity index (χ3n) is 4.70. The first-order valence-electron chi connectivity index (χ1n) is 10.2. The van der Waals surface area contributed by atoms with E-state index in [4.69, 9.17) is 16.3 Å². The average molecular weight is 501 g/mol. The van der Waals surface area contributed by atoms with Gasteiger partial charge in [-0.3, -0.25) is 15.0 Å². The van der Waals surface area contributed by atoms with Crippen LogP contribution in [0, 0.1) is 21.7 Å². The number of ether oxygens (including phenoxy) is 1. The van der Waals surface area contributed by atoms with Crippen molar-refractivity contribution in [1.29, 1.82) is 0 Å². The van der Waals surface area contributed by atoms with Crippen molar-refractivity contribution in [3.8, 4) is 0 Å². The Morgan fingerprint density at radius 3 is 2.61 bits per heavy atom. The number of carbonyl (C=O) groups is 1. The first kappa shape index (κ1) is 25.1. The summed E-state index contributed by atoms with van der Waals surface area (Å²) in [7, 11) is 0. The fraction of sp³-hybridized carbons (Fsp3) is 0.476. The van der Waals surface area contributed by atoms with Crippen LogP contribution in [-0.2, 0) is 4.74 Å². The van der Waals surface area contributed by atoms with Crippen molar-refractivity contribution in [2.24, 2.45) is 0 Å². The zero-order valence-electron chi connectivity index (χ0n) is 18.5. The molecule has 0 saturated heterocycles. The Labute approximate surface area is 198 Å². The Bertz CT molecular complexity index is 1080. The number of anilines is 1. The number of rotatable bonds is 7. The maximum Gasteiger partial charge on any atom is 0.416 e. The number of aromatic nitrogens is 2. The van der Waals surface area contributed by atoms with Crippen LogP contribution in [0.3, 0.4) is 0 Å². The van der Waals surface area contributed by atoms with Gasteiger partial charge in [0.05, 0.1) is 4.92 Å². The Morgan fingerprint density at radius 1 is 1.33 bits per heavy atom. The summed E-state index contributed by atoms with van der Waals surface area (Å²) in [6.07, 6.45) is 0.289. The number of hydrogen-bond acceptors (Lipinski definition) is 7. The summed E-state index contributed by atoms with van der Waals surface area (Å²) in [6.45, 7) is 6.93. The number of halogens is 3. The Hall–Kier alpha value is -2.53. The van der Waals surface area contributed by atoms with Crippen molar-refractivity contribution in [1.82, 2.24) is 9.97 Å². The molecule has 1 aliphatic carbocycles. The van der Waals surface area contributed by atoms with Gasteiger partial charge in [-0.05, 0) is 51.3 Å². The van der Waals surface area contributed by atoms with Gasteiger partial charge in [0.1, 0.15) is 5.60 Å². The third-order valence-corrected chi connectivity index (χ3v) is 6.02. The van der Waals surface area contributed by atoms with Crippen LogP contribution >= 0.6 is 23.4 Å². The minimum absolute atomic E-state index is 0.182. The molecule has 1 fully saturated rings. The highest BCUT2D eigenvalue weighted by molar-refractivity contribution is 7.99. The van der Waals surface area contributed by atoms with Crippen molar-refractivity contribution in [2.45, 2.75) is 63.3 Å². The van der Waals surface area contributed by atoms with Gasteiger partial charge in [-0.1, -0.05) is 36.4 Å². The molecule has 1 aromatic heterocycles. The molecule has 0 N–H and O–H groups in total. The SMILES string of the molecule is CCCSc1nc(Cl)c([N+](=O)[O-])c(N(C(=O)OC(C)(C)C)C2C[C@H]2c2ccc(F)c(F)c2)n1. The number of nitro groups is 1. The Morgan fingerprint density at radius 2 is 2.03 bits per heavy atom. The number of carbonyl (C=O) groups excluding carboxylic acids is 1. The molecular formula is C21H23ClF2N4O4S. The lowest BCUT2D eigenvalue weighted by Gasteiger charge is -2.27. The van der Waals surface area contributed by atoms with Crippen LogP contribution in [0.25, 0.3) is 0 Å². The van der Waals surface area contributed by atoms with Gasteiger partial charge in [-0.15, -0.1) is 0 Å². The predicted molar refractivity (Wildman–Crippen MR) is 121 cm³/mol. The zero-order valence-corrected chi connectivity index (χ0v) is 20.0. The molecule has 33 heavy (non-hydrogen) atoms. The predicted octanol–water partition coefficient (Wildman–Crippen LogP) is 6.12. The summed E-state index contributed by atoms with van der Waals surface area (Å²) in [6, 6.07) is 2.84. The third kappa shape index (κ3) is 5.89. The van der Waals surface area contributed by atoms with Crippen molar-refractivity contribution in [3.05, 3.63) is 50.7 Å². The van der Waals surface area contributed by atoms with Crippen molar-refractivity contribution >= 4 is 41.0 Å². The number of benzene rings is 1. The van der Waals surface area contributed by atoms with E-state index in [1.54, 1.807) is 20.8 Å². The summed E-state index contributed by atoms with van der Waals surface area (Å²) in [5.74, 6) is -2.05. The average Bonchev–Trinajstić information content (AvgIpc) is 3.47. The quantitative estimate of drug-likeness (QED) is 0.148. The maximum absolute atomic E-state index is 13.8. The first-order chi connectivity index (χ1) is 15.4. The standard InChI is InChI=1S/C21H23ClF2N4O4S/c1-5-8-33-19-25-17(22)16(28(30)31)18(26-19)27(20(29)32-21(2,3)4)15-10-12(15)11-6-7-13(23)14(24)9-11/h6-7,9,12,15H,5,8,10H2,1-4H3/t12-,15?/m0/s1. The molecule has 1 amide bonds. The summed E-state index contributed by atoms with van der Waals surface area (Å²) < 4.78 is 32.7. The second-order valence-corrected chi connectivity index (χ2v) is 9.93. The number of nitrogens with zero attached hydrogens (tertiary/aromatic N) is 4. The van der Waals surface area contributed by atoms with E-state index in [0.717, 1.165) is 23.5 Å². The van der Waals surface area contributed by atoms with E-state index in [0.29, 0.717) is 17.7 Å². The lowest BCUT2D eigenvalue weighted by molar-refractivity contribution is -0.384. The van der Waals surface area contributed by atoms with Gasteiger partial charge < -0.3 is 4.74 Å². The minimum atomic E-state index is -1.02. The fourth-order valence-corrected chi connectivity index (χ4v) is 4.22. The van der Waals surface area contributed by atoms with Gasteiger partial charge >= 0.3 is 11.8 Å². The molecular weight excluding hydrogens is 478 g/mol. The highest BCUT2D eigenvalue weighted by Gasteiger charge is 2.50. The van der Waals surface area contributed by atoms with E-state index in [1.165, 1.54) is 17.8 Å². The molecule has 2 aromatic rings. The second-order valence-electron chi connectivity index (χ2n) is 8.51. The van der Waals surface area contributed by atoms with E-state index in [9.17, 15) is 23.7 Å². The van der Waals surface area contributed by atoms with Crippen molar-refractivity contribution < 1.29 is 23.2 Å². The molecule has 0 radical (unpaired) electrons. The molecule has 0 aliphatic heterocycles. The van der Waals surface area contributed by atoms with E-state index in [-0.39, 0.29) is 11.0 Å². The Kier molecular flexibility index (Phi) is 7.42. The minimum Gasteiger partial charge on any atom is -0.443 e. The van der Waals surface area contributed by atoms with Crippen LogP contribution in [-0.4, -0.2) is 38.4 Å². The van der Waals surface area contributed by atoms with Gasteiger partial charge in [0.2, 0.25) is 11.0 Å². The largest absolute Gasteiger partial charge is 0.443 e. The van der Waals surface area contributed by atoms with E-state index in [1.807, 2.05) is 6.92 Å². The molecule has 178 valence electrons. The van der Waals surface area contributed by atoms with Crippen LogP contribution in [0.2, 0.25) is 5.15 Å². The van der Waals surface area contributed by atoms with Gasteiger partial charge in [0.15, 0.2) is 16.8 Å². The normalized spacial score (nSPS) is 17.5. The lowest BCUT2D eigenvalue weighted by Crippen LogP contribution is -2.40. The molecule has 3 rings (SSSR count). The molecule has 1 aliphatic rings. The summed E-state index contributed by atoms with van der Waals surface area (Å²) in [5.41, 5.74) is -1.07. The van der Waals surface area contributed by atoms with Crippen molar-refractivity contribution in [2.75, 3.05) is 10.7 Å². The molecule has 1 saturated carbocycles. The van der Waals surface area contributed by atoms with Gasteiger partial charge in [-0.25, -0.2) is 18.6 Å². The van der Waals surface area contributed by atoms with Crippen LogP contribution in [0.4, 0.5) is 25.1 Å². The summed E-state index contributed by atoms with van der Waals surface area (Å²) in [5, 5.41) is 11.6. The zero-order chi connectivity index (χ0) is 24.5. The molecule has 1 aromatic carbocycles. The molecule has 0 spiro atoms. The monoisotopic (exact) mass is 500 g/mol. The topological polar surface area (TPSA) is 98.5 Å². The lowest BCUT2D eigenvalue weighted by atomic mass is 10.1. The number of thioether (sulfide) groups is 1. The highest BCUT2D eigenvalue weighted by Crippen LogP contribution is 2.49. The summed E-state index contributed by atoms with van der Waals surface area (Å²) >= 11 is 7.38. The second kappa shape index (κ2) is 9.76. The highest BCUT2D eigenvalue weighted by atomic mass is 35.5. The smallest absolute Gasteiger partial charge is 0.416 e. The van der Waals surface area contributed by atoms with Crippen LogP contribution in [0.15, 0.2) is 23.4 Å². The number of hydrogen-bond donors (Lipinski definition) is 0. The van der Waals surface area contributed by atoms with E-state index in [2.05, 4.69) is 9.97 Å². The first-order valence-corrected chi connectivity index (χ1v) is 11.6. The van der Waals surface area contributed by atoms with E-state index < -0.39 is 51.1 Å². The molecule has 1 heterocycles. The van der Waals surface area contributed by atoms with Crippen molar-refractivity contribution in [3.63, 3.8) is 0 Å². The van der Waals surface area contributed by atoms with E-state index >= 15 is 0 Å². The molecule has 2 atom stereocenters. The molecule has 8 nitrogen and oxygen atoms in total. The maximum atomic E-state index is 13.8. The van der Waals surface area contributed by atoms with Gasteiger partial charge in [0.25, 0.3) is 0 Å². The Balaban J connectivity index is 2.08. The fourth-order valence-electron chi connectivity index (χ4n) is 3.24. The van der Waals surface area contributed by atoms with Crippen LogP contribution in [0.5, 0.6) is 0 Å². The summed E-state index contributed by atoms with van der Waals surface area (Å²) in [4.78, 5) is 33.6. The van der Waals surface area contributed by atoms with Gasteiger partial charge in [0, 0.05) is 17.7 Å². The molecule has 1 unspecified atom stereocenters. The van der Waals surface area contributed by atoms with Gasteiger partial charge in [-0.2, -0.15) is 4.98 Å². The van der Waals surface area contributed by atoms with Crippen LogP contribution < -0.4 is 4.90 Å². The number of amides is 1. The van der Waals surface area contributed by atoms with Crippen LogP contribution in [0.1, 0.15) is 52.0 Å².